The van der Waals surface area contributed by atoms with Gasteiger partial charge in [0.15, 0.2) is 0 Å². The van der Waals surface area contributed by atoms with Gasteiger partial charge in [0.2, 0.25) is 15.9 Å². The van der Waals surface area contributed by atoms with Crippen LogP contribution in [0.2, 0.25) is 10.0 Å². The monoisotopic (exact) mass is 386 g/mol. The molecule has 2 rings (SSSR count). The molecule has 5 nitrogen and oxygen atoms in total. The number of nitrogens with one attached hydrogen (secondary N) is 1. The Morgan fingerprint density at radius 2 is 1.71 bits per heavy atom. The molecule has 1 amide bonds. The largest absolute Gasteiger partial charge is 0.323 e. The summed E-state index contributed by atoms with van der Waals surface area (Å²) in [4.78, 5) is 12.7. The summed E-state index contributed by atoms with van der Waals surface area (Å²) in [5, 5.41) is 3.13. The molecule has 0 radical (unpaired) electrons. The molecule has 0 unspecified atom stereocenters. The van der Waals surface area contributed by atoms with Gasteiger partial charge in [-0.2, -0.15) is 4.31 Å². The molecule has 1 atom stereocenters. The summed E-state index contributed by atoms with van der Waals surface area (Å²) in [6, 6.07) is 12.4. The smallest absolute Gasteiger partial charge is 0.247 e. The first-order valence-electron chi connectivity index (χ1n) is 6.94. The standard InChI is InChI=1S/C16H16Cl2N2O3S/c1-20(24(2,22)23)15(11-7-4-3-5-8-11)16(21)19-13-10-6-9-12(17)14(13)18/h3-10,15H,1-2H3,(H,19,21)/t15-/m1/s1. The maximum absolute atomic E-state index is 12.7. The molecule has 0 bridgehead atoms. The number of amides is 1. The fourth-order valence-corrected chi connectivity index (χ4v) is 3.10. The van der Waals surface area contributed by atoms with Gasteiger partial charge in [-0.15, -0.1) is 0 Å². The second-order valence-corrected chi connectivity index (χ2v) is 8.01. The quantitative estimate of drug-likeness (QED) is 0.853. The summed E-state index contributed by atoms with van der Waals surface area (Å²) in [6.07, 6.45) is 1.04. The minimum Gasteiger partial charge on any atom is -0.323 e. The molecule has 8 heteroatoms. The summed E-state index contributed by atoms with van der Waals surface area (Å²) in [7, 11) is -2.24. The molecule has 0 aliphatic carbocycles. The van der Waals surface area contributed by atoms with E-state index in [0.717, 1.165) is 10.6 Å². The molecule has 128 valence electrons. The van der Waals surface area contributed by atoms with Crippen LogP contribution in [0.3, 0.4) is 0 Å². The predicted molar refractivity (Wildman–Crippen MR) is 96.9 cm³/mol. The van der Waals surface area contributed by atoms with Gasteiger partial charge in [-0.05, 0) is 17.7 Å². The van der Waals surface area contributed by atoms with Crippen LogP contribution in [0, 0.1) is 0 Å². The molecule has 0 aromatic heterocycles. The van der Waals surface area contributed by atoms with Gasteiger partial charge in [-0.25, -0.2) is 8.42 Å². The lowest BCUT2D eigenvalue weighted by Gasteiger charge is -2.25. The molecule has 0 fully saturated rings. The second kappa shape index (κ2) is 7.53. The number of hydrogen-bond acceptors (Lipinski definition) is 3. The predicted octanol–water partition coefficient (Wildman–Crippen LogP) is 3.56. The van der Waals surface area contributed by atoms with Crippen molar-refractivity contribution in [3.8, 4) is 0 Å². The summed E-state index contributed by atoms with van der Waals surface area (Å²) in [6.45, 7) is 0. The molecule has 2 aromatic carbocycles. The molecular weight excluding hydrogens is 371 g/mol. The van der Waals surface area contributed by atoms with E-state index in [9.17, 15) is 13.2 Å². The first-order chi connectivity index (χ1) is 11.2. The van der Waals surface area contributed by atoms with Crippen LogP contribution in [-0.2, 0) is 14.8 Å². The minimum atomic E-state index is -3.59. The third-order valence-corrected chi connectivity index (χ3v) is 5.54. The van der Waals surface area contributed by atoms with Crippen molar-refractivity contribution >= 4 is 44.8 Å². The molecule has 0 saturated heterocycles. The number of rotatable bonds is 5. The van der Waals surface area contributed by atoms with E-state index < -0.39 is 22.0 Å². The van der Waals surface area contributed by atoms with Gasteiger partial charge < -0.3 is 5.32 Å². The van der Waals surface area contributed by atoms with Crippen LogP contribution in [0.4, 0.5) is 5.69 Å². The highest BCUT2D eigenvalue weighted by Gasteiger charge is 2.31. The van der Waals surface area contributed by atoms with E-state index in [1.807, 2.05) is 0 Å². The normalized spacial score (nSPS) is 12.9. The minimum absolute atomic E-state index is 0.196. The molecule has 0 heterocycles. The topological polar surface area (TPSA) is 66.5 Å². The Kier molecular flexibility index (Phi) is 5.87. The zero-order valence-corrected chi connectivity index (χ0v) is 15.4. The van der Waals surface area contributed by atoms with Gasteiger partial charge in [-0.1, -0.05) is 59.6 Å². The van der Waals surface area contributed by atoms with Crippen LogP contribution in [-0.4, -0.2) is 31.9 Å². The lowest BCUT2D eigenvalue weighted by atomic mass is 10.1. The van der Waals surface area contributed by atoms with Crippen LogP contribution in [0.5, 0.6) is 0 Å². The third-order valence-electron chi connectivity index (χ3n) is 3.46. The van der Waals surface area contributed by atoms with Crippen LogP contribution in [0.15, 0.2) is 48.5 Å². The SMILES string of the molecule is CN([C@@H](C(=O)Nc1cccc(Cl)c1Cl)c1ccccc1)S(C)(=O)=O. The Morgan fingerprint density at radius 1 is 1.08 bits per heavy atom. The van der Waals surface area contributed by atoms with Crippen molar-refractivity contribution < 1.29 is 13.2 Å². The van der Waals surface area contributed by atoms with Crippen molar-refractivity contribution in [1.82, 2.24) is 4.31 Å². The third kappa shape index (κ3) is 4.27. The van der Waals surface area contributed by atoms with Crippen molar-refractivity contribution in [2.45, 2.75) is 6.04 Å². The first kappa shape index (κ1) is 18.7. The highest BCUT2D eigenvalue weighted by atomic mass is 35.5. The number of likely N-dealkylation sites (N-methyl/N-ethyl adjacent to an activating group) is 1. The Hall–Kier alpha value is -1.60. The van der Waals surface area contributed by atoms with Crippen molar-refractivity contribution in [2.75, 3.05) is 18.6 Å². The molecule has 24 heavy (non-hydrogen) atoms. The average molecular weight is 387 g/mol. The number of benzene rings is 2. The number of anilines is 1. The first-order valence-corrected chi connectivity index (χ1v) is 9.55. The van der Waals surface area contributed by atoms with Crippen molar-refractivity contribution in [3.63, 3.8) is 0 Å². The second-order valence-electron chi connectivity index (χ2n) is 5.18. The number of halogens is 2. The van der Waals surface area contributed by atoms with Gasteiger partial charge in [0.05, 0.1) is 22.0 Å². The molecule has 2 aromatic rings. The van der Waals surface area contributed by atoms with E-state index in [2.05, 4.69) is 5.32 Å². The van der Waals surface area contributed by atoms with E-state index in [0.29, 0.717) is 16.3 Å². The lowest BCUT2D eigenvalue weighted by Crippen LogP contribution is -2.38. The fraction of sp³-hybridized carbons (Fsp3) is 0.188. The van der Waals surface area contributed by atoms with Crippen LogP contribution in [0.25, 0.3) is 0 Å². The highest BCUT2D eigenvalue weighted by molar-refractivity contribution is 7.88. The maximum Gasteiger partial charge on any atom is 0.247 e. The zero-order chi connectivity index (χ0) is 17.9. The molecule has 1 N–H and O–H groups in total. The van der Waals surface area contributed by atoms with E-state index >= 15 is 0 Å². The Balaban J connectivity index is 2.40. The Labute approximate surface area is 151 Å². The average Bonchev–Trinajstić information content (AvgIpc) is 2.52. The number of sulfonamides is 1. The van der Waals surface area contributed by atoms with Crippen molar-refractivity contribution in [3.05, 3.63) is 64.1 Å². The number of carbonyl (C=O) groups is 1. The van der Waals surface area contributed by atoms with Crippen molar-refractivity contribution in [1.29, 1.82) is 0 Å². The Morgan fingerprint density at radius 3 is 2.29 bits per heavy atom. The van der Waals surface area contributed by atoms with E-state index in [1.54, 1.807) is 48.5 Å². The molecule has 0 saturated carbocycles. The molecule has 0 spiro atoms. The van der Waals surface area contributed by atoms with Crippen molar-refractivity contribution in [2.24, 2.45) is 0 Å². The summed E-state index contributed by atoms with van der Waals surface area (Å²) < 4.78 is 24.9. The molecule has 0 aliphatic heterocycles. The van der Waals surface area contributed by atoms with E-state index in [-0.39, 0.29) is 5.02 Å². The molecule has 0 aliphatic rings. The Bertz CT molecular complexity index is 842. The van der Waals surface area contributed by atoms with Crippen LogP contribution < -0.4 is 5.32 Å². The van der Waals surface area contributed by atoms with E-state index in [4.69, 9.17) is 23.2 Å². The van der Waals surface area contributed by atoms with E-state index in [1.165, 1.54) is 7.05 Å². The maximum atomic E-state index is 12.7. The van der Waals surface area contributed by atoms with Crippen LogP contribution >= 0.6 is 23.2 Å². The summed E-state index contributed by atoms with van der Waals surface area (Å²) in [5.41, 5.74) is 0.859. The van der Waals surface area contributed by atoms with Gasteiger partial charge >= 0.3 is 0 Å². The lowest BCUT2D eigenvalue weighted by molar-refractivity contribution is -0.119. The number of nitrogens with zero attached hydrogens (tertiary/aromatic N) is 1. The van der Waals surface area contributed by atoms with Gasteiger partial charge in [-0.3, -0.25) is 4.79 Å². The zero-order valence-electron chi connectivity index (χ0n) is 13.0. The number of hydrogen-bond donors (Lipinski definition) is 1. The number of carbonyl (C=O) groups excluding carboxylic acids is 1. The molecular formula is C16H16Cl2N2O3S. The fourth-order valence-electron chi connectivity index (χ4n) is 2.15. The van der Waals surface area contributed by atoms with Gasteiger partial charge in [0.1, 0.15) is 6.04 Å². The summed E-state index contributed by atoms with van der Waals surface area (Å²) >= 11 is 12.0. The van der Waals surface area contributed by atoms with Gasteiger partial charge in [0.25, 0.3) is 0 Å². The summed E-state index contributed by atoms with van der Waals surface area (Å²) in [5.74, 6) is -0.529. The van der Waals surface area contributed by atoms with Gasteiger partial charge in [0, 0.05) is 7.05 Å². The highest BCUT2D eigenvalue weighted by Crippen LogP contribution is 2.31. The van der Waals surface area contributed by atoms with Crippen LogP contribution in [0.1, 0.15) is 11.6 Å².